The van der Waals surface area contributed by atoms with Crippen LogP contribution in [-0.2, 0) is 19.0 Å². The molecule has 1 atom stereocenters. The maximum absolute atomic E-state index is 12.0. The maximum atomic E-state index is 12.0. The van der Waals surface area contributed by atoms with E-state index in [0.717, 1.165) is 0 Å². The second-order valence-corrected chi connectivity index (χ2v) is 6.48. The molecule has 1 saturated heterocycles. The molecule has 6 nitrogen and oxygen atoms in total. The minimum Gasteiger partial charge on any atom is -0.464 e. The Hall–Kier alpha value is -0.950. The van der Waals surface area contributed by atoms with Crippen molar-refractivity contribution in [2.75, 3.05) is 32.0 Å². The van der Waals surface area contributed by atoms with Gasteiger partial charge in [-0.2, -0.15) is 0 Å². The van der Waals surface area contributed by atoms with Crippen molar-refractivity contribution in [3.05, 3.63) is 0 Å². The molecule has 7 heteroatoms. The predicted molar refractivity (Wildman–Crippen MR) is 76.6 cm³/mol. The third kappa shape index (κ3) is 5.58. The summed E-state index contributed by atoms with van der Waals surface area (Å²) in [4.78, 5) is 25.4. The van der Waals surface area contributed by atoms with E-state index in [4.69, 9.17) is 14.2 Å². The zero-order valence-corrected chi connectivity index (χ0v) is 13.3. The molecular formula is C13H23NO5S. The van der Waals surface area contributed by atoms with Gasteiger partial charge in [-0.25, -0.2) is 9.59 Å². The van der Waals surface area contributed by atoms with Crippen LogP contribution in [-0.4, -0.2) is 60.6 Å². The fraction of sp³-hybridized carbons (Fsp3) is 0.846. The number of hydrogen-bond acceptors (Lipinski definition) is 6. The van der Waals surface area contributed by atoms with Crippen LogP contribution < -0.4 is 0 Å². The maximum Gasteiger partial charge on any atom is 0.411 e. The lowest BCUT2D eigenvalue weighted by molar-refractivity contribution is -0.148. The molecule has 1 fully saturated rings. The number of hydrogen-bond donors (Lipinski definition) is 0. The Balaban J connectivity index is 2.47. The van der Waals surface area contributed by atoms with E-state index in [2.05, 4.69) is 0 Å². The number of rotatable bonds is 5. The average Bonchev–Trinajstić information content (AvgIpc) is 2.81. The van der Waals surface area contributed by atoms with Gasteiger partial charge in [0.25, 0.3) is 0 Å². The molecule has 0 unspecified atom stereocenters. The van der Waals surface area contributed by atoms with Gasteiger partial charge in [-0.1, -0.05) is 0 Å². The highest BCUT2D eigenvalue weighted by molar-refractivity contribution is 7.99. The van der Waals surface area contributed by atoms with E-state index in [9.17, 15) is 9.59 Å². The average molecular weight is 305 g/mol. The Morgan fingerprint density at radius 3 is 2.60 bits per heavy atom. The van der Waals surface area contributed by atoms with Gasteiger partial charge in [0.15, 0.2) is 0 Å². The summed E-state index contributed by atoms with van der Waals surface area (Å²) in [6.07, 6.45) is 0.176. The van der Waals surface area contributed by atoms with Gasteiger partial charge in [0.05, 0.1) is 12.5 Å². The topological polar surface area (TPSA) is 65.1 Å². The zero-order valence-electron chi connectivity index (χ0n) is 12.5. The van der Waals surface area contributed by atoms with Gasteiger partial charge in [0.1, 0.15) is 11.6 Å². The van der Waals surface area contributed by atoms with E-state index in [1.54, 1.807) is 27.9 Å². The summed E-state index contributed by atoms with van der Waals surface area (Å²) in [5.41, 5.74) is -0.572. The van der Waals surface area contributed by atoms with Crippen LogP contribution >= 0.6 is 11.8 Å². The zero-order chi connectivity index (χ0) is 15.2. The second kappa shape index (κ2) is 7.73. The van der Waals surface area contributed by atoms with Crippen LogP contribution in [0, 0.1) is 0 Å². The van der Waals surface area contributed by atoms with E-state index in [1.165, 1.54) is 16.7 Å². The Labute approximate surface area is 124 Å². The molecule has 0 N–H and O–H groups in total. The van der Waals surface area contributed by atoms with Gasteiger partial charge >= 0.3 is 12.1 Å². The monoisotopic (exact) mass is 305 g/mol. The quantitative estimate of drug-likeness (QED) is 0.571. The fourth-order valence-electron chi connectivity index (χ4n) is 1.61. The number of nitrogens with zero attached hydrogens (tertiary/aromatic N) is 1. The second-order valence-electron chi connectivity index (χ2n) is 5.48. The standard InChI is InChI=1S/C13H23NO5S/c1-13(2,3)19-12(16)14-9-20-8-10(14)11(15)18-7-5-6-17-4/h10H,5-9H2,1-4H3/t10-/m0/s1. The number of esters is 1. The van der Waals surface area contributed by atoms with Gasteiger partial charge in [-0.3, -0.25) is 4.90 Å². The van der Waals surface area contributed by atoms with Gasteiger partial charge in [-0.15, -0.1) is 11.8 Å². The lowest BCUT2D eigenvalue weighted by Crippen LogP contribution is -2.45. The summed E-state index contributed by atoms with van der Waals surface area (Å²) < 4.78 is 15.3. The first-order valence-electron chi connectivity index (χ1n) is 6.58. The smallest absolute Gasteiger partial charge is 0.411 e. The molecule has 0 aromatic rings. The summed E-state index contributed by atoms with van der Waals surface area (Å²) in [7, 11) is 1.60. The van der Waals surface area contributed by atoms with Gasteiger partial charge < -0.3 is 14.2 Å². The molecule has 1 heterocycles. The number of thioether (sulfide) groups is 1. The van der Waals surface area contributed by atoms with Crippen molar-refractivity contribution in [2.24, 2.45) is 0 Å². The molecule has 0 saturated carbocycles. The van der Waals surface area contributed by atoms with E-state index in [1.807, 2.05) is 0 Å². The van der Waals surface area contributed by atoms with Crippen molar-refractivity contribution in [1.82, 2.24) is 4.90 Å². The third-order valence-electron chi connectivity index (χ3n) is 2.52. The first kappa shape index (κ1) is 17.1. The highest BCUT2D eigenvalue weighted by Crippen LogP contribution is 2.24. The summed E-state index contributed by atoms with van der Waals surface area (Å²) in [6, 6.07) is -0.558. The van der Waals surface area contributed by atoms with Crippen LogP contribution in [0.15, 0.2) is 0 Å². The molecule has 0 radical (unpaired) electrons. The van der Waals surface area contributed by atoms with Crippen molar-refractivity contribution in [1.29, 1.82) is 0 Å². The first-order valence-corrected chi connectivity index (χ1v) is 7.73. The Bertz CT molecular complexity index is 342. The molecule has 1 aliphatic rings. The molecule has 0 bridgehead atoms. The number of methoxy groups -OCH3 is 1. The van der Waals surface area contributed by atoms with Gasteiger partial charge in [-0.05, 0) is 20.8 Å². The summed E-state index contributed by atoms with van der Waals surface area (Å²) in [5.74, 6) is 0.617. The van der Waals surface area contributed by atoms with E-state index in [0.29, 0.717) is 31.3 Å². The number of carbonyl (C=O) groups is 2. The van der Waals surface area contributed by atoms with Crippen molar-refractivity contribution >= 4 is 23.8 Å². The fourth-order valence-corrected chi connectivity index (χ4v) is 2.74. The normalized spacial score (nSPS) is 19.0. The van der Waals surface area contributed by atoms with Crippen molar-refractivity contribution in [2.45, 2.75) is 38.8 Å². The van der Waals surface area contributed by atoms with E-state index in [-0.39, 0.29) is 5.97 Å². The van der Waals surface area contributed by atoms with Crippen LogP contribution in [0.2, 0.25) is 0 Å². The van der Waals surface area contributed by atoms with Gasteiger partial charge in [0.2, 0.25) is 0 Å². The molecule has 0 aromatic heterocycles. The Morgan fingerprint density at radius 1 is 1.30 bits per heavy atom. The summed E-state index contributed by atoms with van der Waals surface area (Å²) in [5, 5.41) is 0. The number of amides is 1. The molecule has 1 amide bonds. The van der Waals surface area contributed by atoms with E-state index < -0.39 is 17.7 Å². The highest BCUT2D eigenvalue weighted by Gasteiger charge is 2.38. The first-order chi connectivity index (χ1) is 9.35. The summed E-state index contributed by atoms with van der Waals surface area (Å²) in [6.45, 7) is 6.24. The number of carbonyl (C=O) groups excluding carboxylic acids is 2. The molecule has 20 heavy (non-hydrogen) atoms. The van der Waals surface area contributed by atoms with Crippen molar-refractivity contribution in [3.63, 3.8) is 0 Å². The van der Waals surface area contributed by atoms with Crippen LogP contribution in [0.4, 0.5) is 4.79 Å². The minimum absolute atomic E-state index is 0.302. The third-order valence-corrected chi connectivity index (χ3v) is 3.53. The van der Waals surface area contributed by atoms with E-state index >= 15 is 0 Å². The number of ether oxygens (including phenoxy) is 3. The van der Waals surface area contributed by atoms with Crippen LogP contribution in [0.3, 0.4) is 0 Å². The van der Waals surface area contributed by atoms with Crippen LogP contribution in [0.1, 0.15) is 27.2 Å². The highest BCUT2D eigenvalue weighted by atomic mass is 32.2. The molecular weight excluding hydrogens is 282 g/mol. The SMILES string of the molecule is COCCCOC(=O)[C@@H]1CSCN1C(=O)OC(C)(C)C. The largest absolute Gasteiger partial charge is 0.464 e. The van der Waals surface area contributed by atoms with Crippen molar-refractivity contribution in [3.8, 4) is 0 Å². The molecule has 0 spiro atoms. The summed E-state index contributed by atoms with van der Waals surface area (Å²) >= 11 is 1.52. The van der Waals surface area contributed by atoms with Gasteiger partial charge in [0, 0.05) is 25.9 Å². The van der Waals surface area contributed by atoms with Crippen LogP contribution in [0.5, 0.6) is 0 Å². The Kier molecular flexibility index (Phi) is 6.61. The molecule has 116 valence electrons. The molecule has 0 aliphatic carbocycles. The lowest BCUT2D eigenvalue weighted by atomic mass is 10.2. The molecule has 0 aromatic carbocycles. The Morgan fingerprint density at radius 2 is 2.00 bits per heavy atom. The van der Waals surface area contributed by atoms with Crippen molar-refractivity contribution < 1.29 is 23.8 Å². The molecule has 1 rings (SSSR count). The minimum atomic E-state index is -0.572. The molecule has 1 aliphatic heterocycles. The van der Waals surface area contributed by atoms with Crippen LogP contribution in [0.25, 0.3) is 0 Å². The predicted octanol–water partition coefficient (Wildman–Crippen LogP) is 1.88. The lowest BCUT2D eigenvalue weighted by Gasteiger charge is -2.27.